The van der Waals surface area contributed by atoms with Crippen LogP contribution in [0, 0.1) is 0 Å². The van der Waals surface area contributed by atoms with E-state index in [9.17, 15) is 9.59 Å². The molecule has 0 radical (unpaired) electrons. The fourth-order valence-corrected chi connectivity index (χ4v) is 4.92. The van der Waals surface area contributed by atoms with Gasteiger partial charge in [-0.1, -0.05) is 72.1 Å². The Labute approximate surface area is 223 Å². The standard InChI is InChI=1S/C29H31Cl2N3O2/c30-24-11-14-26(27(31)20-24)29(36)34(21-23-7-3-1-4-8-23)25-12-9-22(10-13-25)19-28(35)32-15-18-33-16-5-2-6-17-33/h1,3-4,7-14,20H,2,5-6,15-19,21H2,(H,32,35). The van der Waals surface area contributed by atoms with E-state index in [1.54, 1.807) is 23.1 Å². The average molecular weight is 524 g/mol. The van der Waals surface area contributed by atoms with Crippen LogP contribution in [0.3, 0.4) is 0 Å². The maximum atomic E-state index is 13.5. The number of anilines is 1. The molecule has 36 heavy (non-hydrogen) atoms. The molecule has 0 aliphatic carbocycles. The normalized spacial score (nSPS) is 13.8. The highest BCUT2D eigenvalue weighted by Gasteiger charge is 2.21. The van der Waals surface area contributed by atoms with E-state index in [4.69, 9.17) is 23.2 Å². The lowest BCUT2D eigenvalue weighted by Gasteiger charge is -2.26. The molecule has 1 aliphatic heterocycles. The minimum atomic E-state index is -0.219. The third-order valence-electron chi connectivity index (χ3n) is 6.40. The van der Waals surface area contributed by atoms with Crippen LogP contribution in [0.1, 0.15) is 40.7 Å². The number of hydrogen-bond donors (Lipinski definition) is 1. The van der Waals surface area contributed by atoms with Crippen LogP contribution in [0.4, 0.5) is 5.69 Å². The van der Waals surface area contributed by atoms with Gasteiger partial charge >= 0.3 is 0 Å². The van der Waals surface area contributed by atoms with Gasteiger partial charge in [0, 0.05) is 23.8 Å². The number of amides is 2. The number of likely N-dealkylation sites (tertiary alicyclic amines) is 1. The lowest BCUT2D eigenvalue weighted by molar-refractivity contribution is -0.120. The van der Waals surface area contributed by atoms with E-state index < -0.39 is 0 Å². The van der Waals surface area contributed by atoms with Gasteiger partial charge in [-0.2, -0.15) is 0 Å². The molecule has 4 rings (SSSR count). The summed E-state index contributed by atoms with van der Waals surface area (Å²) in [6, 6.07) is 22.2. The minimum absolute atomic E-state index is 0.00456. The lowest BCUT2D eigenvalue weighted by Crippen LogP contribution is -2.38. The fourth-order valence-electron chi connectivity index (χ4n) is 4.43. The molecule has 7 heteroatoms. The Morgan fingerprint density at radius 2 is 1.58 bits per heavy atom. The first kappa shape index (κ1) is 26.2. The summed E-state index contributed by atoms with van der Waals surface area (Å²) in [7, 11) is 0. The third-order valence-corrected chi connectivity index (χ3v) is 6.95. The Morgan fingerprint density at radius 1 is 0.861 bits per heavy atom. The summed E-state index contributed by atoms with van der Waals surface area (Å²) in [6.45, 7) is 4.19. The van der Waals surface area contributed by atoms with Crippen molar-refractivity contribution in [3.63, 3.8) is 0 Å². The maximum absolute atomic E-state index is 13.5. The first-order valence-electron chi connectivity index (χ1n) is 12.4. The predicted molar refractivity (Wildman–Crippen MR) is 147 cm³/mol. The van der Waals surface area contributed by atoms with E-state index in [1.165, 1.54) is 19.3 Å². The van der Waals surface area contributed by atoms with Gasteiger partial charge in [-0.05, 0) is 67.4 Å². The summed E-state index contributed by atoms with van der Waals surface area (Å²) in [5.41, 5.74) is 3.00. The van der Waals surface area contributed by atoms with Crippen molar-refractivity contribution < 1.29 is 9.59 Å². The SMILES string of the molecule is O=C(Cc1ccc(N(Cc2ccccc2)C(=O)c2ccc(Cl)cc2Cl)cc1)NCCN1CCCCC1. The molecule has 1 heterocycles. The van der Waals surface area contributed by atoms with Gasteiger partial charge < -0.3 is 15.1 Å². The molecule has 1 aliphatic rings. The molecule has 1 fully saturated rings. The Balaban J connectivity index is 1.43. The van der Waals surface area contributed by atoms with Crippen LogP contribution in [0.15, 0.2) is 72.8 Å². The van der Waals surface area contributed by atoms with Crippen LogP contribution in [-0.2, 0) is 17.8 Å². The Hall–Kier alpha value is -2.86. The zero-order valence-electron chi connectivity index (χ0n) is 20.3. The number of nitrogens with one attached hydrogen (secondary N) is 1. The van der Waals surface area contributed by atoms with E-state index in [0.717, 1.165) is 36.4 Å². The van der Waals surface area contributed by atoms with E-state index in [-0.39, 0.29) is 11.8 Å². The van der Waals surface area contributed by atoms with Crippen molar-refractivity contribution >= 4 is 40.7 Å². The number of halogens is 2. The molecule has 0 aromatic heterocycles. The second-order valence-electron chi connectivity index (χ2n) is 9.10. The summed E-state index contributed by atoms with van der Waals surface area (Å²) in [6.07, 6.45) is 4.10. The lowest BCUT2D eigenvalue weighted by atomic mass is 10.1. The van der Waals surface area contributed by atoms with Crippen LogP contribution in [0.2, 0.25) is 10.0 Å². The molecular formula is C29H31Cl2N3O2. The van der Waals surface area contributed by atoms with Gasteiger partial charge in [-0.15, -0.1) is 0 Å². The second-order valence-corrected chi connectivity index (χ2v) is 9.94. The van der Waals surface area contributed by atoms with Crippen LogP contribution >= 0.6 is 23.2 Å². The highest BCUT2D eigenvalue weighted by atomic mass is 35.5. The number of piperidine rings is 1. The summed E-state index contributed by atoms with van der Waals surface area (Å²) < 4.78 is 0. The van der Waals surface area contributed by atoms with Crippen molar-refractivity contribution in [3.05, 3.63) is 99.5 Å². The van der Waals surface area contributed by atoms with E-state index in [1.807, 2.05) is 54.6 Å². The molecule has 5 nitrogen and oxygen atoms in total. The molecule has 0 atom stereocenters. The van der Waals surface area contributed by atoms with Crippen molar-refractivity contribution in [2.24, 2.45) is 0 Å². The molecule has 3 aromatic carbocycles. The molecule has 2 amide bonds. The van der Waals surface area contributed by atoms with Gasteiger partial charge in [0.2, 0.25) is 5.91 Å². The quantitative estimate of drug-likeness (QED) is 0.375. The summed E-state index contributed by atoms with van der Waals surface area (Å²) in [5, 5.41) is 3.81. The van der Waals surface area contributed by atoms with Crippen molar-refractivity contribution in [3.8, 4) is 0 Å². The Kier molecular flexibility index (Phi) is 9.40. The number of nitrogens with zero attached hydrogens (tertiary/aromatic N) is 2. The first-order valence-corrected chi connectivity index (χ1v) is 13.1. The fraction of sp³-hybridized carbons (Fsp3) is 0.310. The number of rotatable bonds is 9. The third kappa shape index (κ3) is 7.33. The Morgan fingerprint density at radius 3 is 2.28 bits per heavy atom. The molecule has 0 saturated carbocycles. The van der Waals surface area contributed by atoms with Gasteiger partial charge in [0.25, 0.3) is 5.91 Å². The number of carbonyl (C=O) groups excluding carboxylic acids is 2. The highest BCUT2D eigenvalue weighted by molar-refractivity contribution is 6.37. The molecule has 188 valence electrons. The minimum Gasteiger partial charge on any atom is -0.355 e. The largest absolute Gasteiger partial charge is 0.355 e. The smallest absolute Gasteiger partial charge is 0.260 e. The van der Waals surface area contributed by atoms with Crippen LogP contribution in [0.5, 0.6) is 0 Å². The molecule has 0 bridgehead atoms. The van der Waals surface area contributed by atoms with Crippen LogP contribution < -0.4 is 10.2 Å². The maximum Gasteiger partial charge on any atom is 0.260 e. The van der Waals surface area contributed by atoms with Crippen LogP contribution in [0.25, 0.3) is 0 Å². The van der Waals surface area contributed by atoms with E-state index in [2.05, 4.69) is 10.2 Å². The van der Waals surface area contributed by atoms with Gasteiger partial charge in [0.1, 0.15) is 0 Å². The summed E-state index contributed by atoms with van der Waals surface area (Å²) in [4.78, 5) is 30.1. The van der Waals surface area contributed by atoms with Gasteiger partial charge in [0.15, 0.2) is 0 Å². The number of hydrogen-bond acceptors (Lipinski definition) is 3. The molecule has 0 unspecified atom stereocenters. The molecule has 0 spiro atoms. The van der Waals surface area contributed by atoms with Gasteiger partial charge in [0.05, 0.1) is 23.6 Å². The molecule has 1 N–H and O–H groups in total. The van der Waals surface area contributed by atoms with E-state index in [0.29, 0.717) is 35.1 Å². The predicted octanol–water partition coefficient (Wildman–Crippen LogP) is 5.99. The monoisotopic (exact) mass is 523 g/mol. The van der Waals surface area contributed by atoms with Crippen molar-refractivity contribution in [2.45, 2.75) is 32.2 Å². The number of carbonyl (C=O) groups is 2. The zero-order chi connectivity index (χ0) is 25.3. The number of benzene rings is 3. The van der Waals surface area contributed by atoms with Gasteiger partial charge in [-0.25, -0.2) is 0 Å². The zero-order valence-corrected chi connectivity index (χ0v) is 21.8. The summed E-state index contributed by atoms with van der Waals surface area (Å²) in [5.74, 6) is -0.214. The molecule has 3 aromatic rings. The average Bonchev–Trinajstić information content (AvgIpc) is 2.89. The van der Waals surface area contributed by atoms with Gasteiger partial charge in [-0.3, -0.25) is 9.59 Å². The first-order chi connectivity index (χ1) is 17.5. The Bertz CT molecular complexity index is 1160. The topological polar surface area (TPSA) is 52.7 Å². The van der Waals surface area contributed by atoms with Crippen molar-refractivity contribution in [1.82, 2.24) is 10.2 Å². The van der Waals surface area contributed by atoms with Crippen molar-refractivity contribution in [2.75, 3.05) is 31.1 Å². The molecule has 1 saturated heterocycles. The second kappa shape index (κ2) is 12.9. The summed E-state index contributed by atoms with van der Waals surface area (Å²) >= 11 is 12.4. The highest BCUT2D eigenvalue weighted by Crippen LogP contribution is 2.26. The van der Waals surface area contributed by atoms with Crippen molar-refractivity contribution in [1.29, 1.82) is 0 Å². The molecular weight excluding hydrogens is 493 g/mol. The van der Waals surface area contributed by atoms with Crippen LogP contribution in [-0.4, -0.2) is 42.9 Å². The van der Waals surface area contributed by atoms with E-state index >= 15 is 0 Å².